The van der Waals surface area contributed by atoms with Crippen LogP contribution in [0.4, 0.5) is 5.69 Å². The first kappa shape index (κ1) is 12.1. The molecule has 0 aliphatic heterocycles. The quantitative estimate of drug-likeness (QED) is 0.802. The summed E-state index contributed by atoms with van der Waals surface area (Å²) in [6.45, 7) is 8.44. The number of rotatable bonds is 5. The summed E-state index contributed by atoms with van der Waals surface area (Å²) in [5, 5.41) is 0. The Balaban J connectivity index is 2.65. The van der Waals surface area contributed by atoms with Crippen molar-refractivity contribution in [1.29, 1.82) is 0 Å². The third-order valence-electron chi connectivity index (χ3n) is 2.79. The molecular formula is C13H22N2. The van der Waals surface area contributed by atoms with Crippen LogP contribution in [0.5, 0.6) is 0 Å². The Kier molecular flexibility index (Phi) is 4.63. The highest BCUT2D eigenvalue weighted by Crippen LogP contribution is 2.14. The molecule has 0 saturated heterocycles. The predicted molar refractivity (Wildman–Crippen MR) is 67.1 cm³/mol. The summed E-state index contributed by atoms with van der Waals surface area (Å²) in [5.41, 5.74) is 7.35. The van der Waals surface area contributed by atoms with Gasteiger partial charge in [0.05, 0.1) is 0 Å². The molecule has 2 nitrogen and oxygen atoms in total. The van der Waals surface area contributed by atoms with E-state index >= 15 is 0 Å². The van der Waals surface area contributed by atoms with Crippen LogP contribution in [-0.4, -0.2) is 19.1 Å². The first-order chi connectivity index (χ1) is 7.15. The lowest BCUT2D eigenvalue weighted by Crippen LogP contribution is -2.40. The molecule has 2 N–H and O–H groups in total. The topological polar surface area (TPSA) is 29.3 Å². The number of nitrogens with two attached hydrogens (primary N) is 1. The lowest BCUT2D eigenvalue weighted by atomic mass is 10.0. The maximum atomic E-state index is 6.09. The first-order valence-electron chi connectivity index (χ1n) is 5.70. The van der Waals surface area contributed by atoms with Crippen LogP contribution in [0.15, 0.2) is 30.3 Å². The van der Waals surface area contributed by atoms with Gasteiger partial charge in [-0.1, -0.05) is 32.0 Å². The summed E-state index contributed by atoms with van der Waals surface area (Å²) in [6.07, 6.45) is 0. The molecule has 0 spiro atoms. The van der Waals surface area contributed by atoms with Crippen molar-refractivity contribution < 1.29 is 0 Å². The molecule has 2 heteroatoms. The molecule has 0 aromatic heterocycles. The fourth-order valence-corrected chi connectivity index (χ4v) is 1.52. The highest BCUT2D eigenvalue weighted by atomic mass is 15.1. The molecule has 0 fully saturated rings. The maximum absolute atomic E-state index is 6.09. The molecule has 0 amide bonds. The molecule has 0 radical (unpaired) electrons. The van der Waals surface area contributed by atoms with Gasteiger partial charge in [0.15, 0.2) is 0 Å². The Morgan fingerprint density at radius 1 is 1.20 bits per heavy atom. The van der Waals surface area contributed by atoms with Gasteiger partial charge in [-0.25, -0.2) is 0 Å². The van der Waals surface area contributed by atoms with E-state index in [2.05, 4.69) is 49.9 Å². The number of hydrogen-bond donors (Lipinski definition) is 1. The number of nitrogens with zero attached hydrogens (tertiary/aromatic N) is 1. The molecular weight excluding hydrogens is 184 g/mol. The van der Waals surface area contributed by atoms with Crippen molar-refractivity contribution in [2.24, 2.45) is 11.7 Å². The van der Waals surface area contributed by atoms with E-state index in [0.29, 0.717) is 5.92 Å². The summed E-state index contributed by atoms with van der Waals surface area (Å²) in [5.74, 6) is 0.530. The fourth-order valence-electron chi connectivity index (χ4n) is 1.52. The van der Waals surface area contributed by atoms with Crippen LogP contribution in [0.25, 0.3) is 0 Å². The molecule has 0 aliphatic rings. The van der Waals surface area contributed by atoms with Crippen LogP contribution in [0, 0.1) is 5.92 Å². The molecule has 1 aromatic carbocycles. The lowest BCUT2D eigenvalue weighted by molar-refractivity contribution is 0.487. The average Bonchev–Trinajstić information content (AvgIpc) is 2.26. The van der Waals surface area contributed by atoms with Gasteiger partial charge in [-0.2, -0.15) is 0 Å². The Hall–Kier alpha value is -1.02. The van der Waals surface area contributed by atoms with E-state index in [1.54, 1.807) is 0 Å². The van der Waals surface area contributed by atoms with Gasteiger partial charge in [-0.15, -0.1) is 0 Å². The second kappa shape index (κ2) is 5.76. The van der Waals surface area contributed by atoms with E-state index in [9.17, 15) is 0 Å². The summed E-state index contributed by atoms with van der Waals surface area (Å²) >= 11 is 0. The van der Waals surface area contributed by atoms with E-state index in [0.717, 1.165) is 13.1 Å². The van der Waals surface area contributed by atoms with Gasteiger partial charge in [0.2, 0.25) is 0 Å². The van der Waals surface area contributed by atoms with Crippen molar-refractivity contribution in [2.75, 3.05) is 18.0 Å². The Morgan fingerprint density at radius 2 is 1.80 bits per heavy atom. The van der Waals surface area contributed by atoms with Crippen LogP contribution < -0.4 is 10.6 Å². The standard InChI is InChI=1S/C13H22N2/c1-4-15(10-13(14)11(2)3)12-8-6-5-7-9-12/h5-9,11,13H,4,10,14H2,1-3H3. The van der Waals surface area contributed by atoms with Crippen molar-refractivity contribution in [1.82, 2.24) is 0 Å². The zero-order valence-electron chi connectivity index (χ0n) is 9.98. The Morgan fingerprint density at radius 3 is 2.27 bits per heavy atom. The van der Waals surface area contributed by atoms with Gasteiger partial charge < -0.3 is 10.6 Å². The minimum Gasteiger partial charge on any atom is -0.370 e. The summed E-state index contributed by atoms with van der Waals surface area (Å²) < 4.78 is 0. The lowest BCUT2D eigenvalue weighted by Gasteiger charge is -2.28. The summed E-state index contributed by atoms with van der Waals surface area (Å²) in [6, 6.07) is 10.7. The maximum Gasteiger partial charge on any atom is 0.0366 e. The molecule has 1 rings (SSSR count). The Labute approximate surface area is 93.1 Å². The van der Waals surface area contributed by atoms with Crippen LogP contribution in [0.3, 0.4) is 0 Å². The minimum absolute atomic E-state index is 0.241. The molecule has 0 saturated carbocycles. The first-order valence-corrected chi connectivity index (χ1v) is 5.70. The van der Waals surface area contributed by atoms with Crippen molar-refractivity contribution >= 4 is 5.69 Å². The smallest absolute Gasteiger partial charge is 0.0366 e. The molecule has 0 aliphatic carbocycles. The zero-order chi connectivity index (χ0) is 11.3. The second-order valence-corrected chi connectivity index (χ2v) is 4.28. The van der Waals surface area contributed by atoms with Gasteiger partial charge in [-0.3, -0.25) is 0 Å². The third-order valence-corrected chi connectivity index (χ3v) is 2.79. The molecule has 0 heterocycles. The van der Waals surface area contributed by atoms with Gasteiger partial charge in [0, 0.05) is 24.8 Å². The van der Waals surface area contributed by atoms with Crippen molar-refractivity contribution in [2.45, 2.75) is 26.8 Å². The van der Waals surface area contributed by atoms with Crippen LogP contribution in [0.2, 0.25) is 0 Å². The summed E-state index contributed by atoms with van der Waals surface area (Å²) in [7, 11) is 0. The molecule has 1 unspecified atom stereocenters. The van der Waals surface area contributed by atoms with Crippen LogP contribution in [-0.2, 0) is 0 Å². The second-order valence-electron chi connectivity index (χ2n) is 4.28. The van der Waals surface area contributed by atoms with Crippen LogP contribution >= 0.6 is 0 Å². The highest BCUT2D eigenvalue weighted by Gasteiger charge is 2.12. The van der Waals surface area contributed by atoms with E-state index in [-0.39, 0.29) is 6.04 Å². The predicted octanol–water partition coefficient (Wildman–Crippen LogP) is 2.50. The van der Waals surface area contributed by atoms with Gasteiger partial charge in [-0.05, 0) is 25.0 Å². The van der Waals surface area contributed by atoms with Crippen molar-refractivity contribution in [3.63, 3.8) is 0 Å². The highest BCUT2D eigenvalue weighted by molar-refractivity contribution is 5.45. The number of hydrogen-bond acceptors (Lipinski definition) is 2. The largest absolute Gasteiger partial charge is 0.370 e. The third kappa shape index (κ3) is 3.56. The fraction of sp³-hybridized carbons (Fsp3) is 0.538. The number of para-hydroxylation sites is 1. The number of likely N-dealkylation sites (N-methyl/N-ethyl adjacent to an activating group) is 1. The molecule has 0 bridgehead atoms. The van der Waals surface area contributed by atoms with E-state index < -0.39 is 0 Å². The molecule has 1 atom stereocenters. The molecule has 1 aromatic rings. The SMILES string of the molecule is CCN(CC(N)C(C)C)c1ccccc1. The van der Waals surface area contributed by atoms with Gasteiger partial charge in [0.1, 0.15) is 0 Å². The van der Waals surface area contributed by atoms with E-state index in [1.807, 2.05) is 6.07 Å². The number of benzene rings is 1. The Bertz CT molecular complexity index is 269. The van der Waals surface area contributed by atoms with E-state index in [1.165, 1.54) is 5.69 Å². The van der Waals surface area contributed by atoms with Gasteiger partial charge in [0.25, 0.3) is 0 Å². The molecule has 15 heavy (non-hydrogen) atoms. The van der Waals surface area contributed by atoms with Crippen molar-refractivity contribution in [3.8, 4) is 0 Å². The minimum atomic E-state index is 0.241. The molecule has 84 valence electrons. The number of anilines is 1. The monoisotopic (exact) mass is 206 g/mol. The van der Waals surface area contributed by atoms with Gasteiger partial charge >= 0.3 is 0 Å². The van der Waals surface area contributed by atoms with Crippen molar-refractivity contribution in [3.05, 3.63) is 30.3 Å². The average molecular weight is 206 g/mol. The normalized spacial score (nSPS) is 12.9. The van der Waals surface area contributed by atoms with E-state index in [4.69, 9.17) is 5.73 Å². The summed E-state index contributed by atoms with van der Waals surface area (Å²) in [4.78, 5) is 2.32. The zero-order valence-corrected chi connectivity index (χ0v) is 9.98. The van der Waals surface area contributed by atoms with Crippen LogP contribution in [0.1, 0.15) is 20.8 Å².